The van der Waals surface area contributed by atoms with Crippen LogP contribution in [0.1, 0.15) is 24.1 Å². The molecule has 1 aliphatic rings. The summed E-state index contributed by atoms with van der Waals surface area (Å²) in [6.45, 7) is 1.66. The summed E-state index contributed by atoms with van der Waals surface area (Å²) in [7, 11) is 0. The third-order valence-corrected chi connectivity index (χ3v) is 3.86. The monoisotopic (exact) mass is 304 g/mol. The number of aromatic nitrogens is 3. The van der Waals surface area contributed by atoms with Gasteiger partial charge in [-0.15, -0.1) is 0 Å². The fourth-order valence-corrected chi connectivity index (χ4v) is 2.51. The van der Waals surface area contributed by atoms with Gasteiger partial charge in [-0.1, -0.05) is 0 Å². The lowest BCUT2D eigenvalue weighted by Gasteiger charge is -2.13. The normalized spacial score (nSPS) is 15.7. The molecule has 3 rings (SSSR count). The second-order valence-corrected chi connectivity index (χ2v) is 5.53. The van der Waals surface area contributed by atoms with Crippen LogP contribution in [-0.2, 0) is 16.0 Å². The molecule has 2 heterocycles. The topological polar surface area (TPSA) is 117 Å². The van der Waals surface area contributed by atoms with E-state index in [1.807, 2.05) is 0 Å². The first-order valence-corrected chi connectivity index (χ1v) is 7.05. The molecule has 1 atom stereocenters. The zero-order valence-electron chi connectivity index (χ0n) is 12.0. The maximum absolute atomic E-state index is 12.3. The number of aliphatic carboxylic acids is 1. The van der Waals surface area contributed by atoms with Crippen LogP contribution < -0.4 is 10.9 Å². The van der Waals surface area contributed by atoms with Crippen molar-refractivity contribution in [2.24, 2.45) is 5.92 Å². The predicted octanol–water partition coefficient (Wildman–Crippen LogP) is -0.147. The van der Waals surface area contributed by atoms with Crippen molar-refractivity contribution in [3.05, 3.63) is 33.9 Å². The minimum absolute atomic E-state index is 0.00680. The molecule has 8 heteroatoms. The maximum Gasteiger partial charge on any atom is 0.326 e. The van der Waals surface area contributed by atoms with E-state index in [4.69, 9.17) is 5.11 Å². The first-order valence-electron chi connectivity index (χ1n) is 7.05. The molecule has 0 radical (unpaired) electrons. The lowest BCUT2D eigenvalue weighted by Crippen LogP contribution is -2.43. The standard InChI is InChI=1S/C14H16N4O4/c1-7-9(13(20)18-10(16-7)4-5-15-18)6-11(19)17-12(14(21)22)8-2-3-8/h4-5,8,12,15H,2-3,6H2,1H3,(H,17,19)(H,21,22). The van der Waals surface area contributed by atoms with Crippen LogP contribution in [0.15, 0.2) is 17.1 Å². The minimum atomic E-state index is -1.04. The molecule has 1 amide bonds. The summed E-state index contributed by atoms with van der Waals surface area (Å²) in [5.74, 6) is -1.53. The molecule has 8 nitrogen and oxygen atoms in total. The van der Waals surface area contributed by atoms with Crippen LogP contribution in [0, 0.1) is 12.8 Å². The maximum atomic E-state index is 12.3. The fourth-order valence-electron chi connectivity index (χ4n) is 2.51. The van der Waals surface area contributed by atoms with E-state index in [1.165, 1.54) is 4.52 Å². The molecule has 0 bridgehead atoms. The highest BCUT2D eigenvalue weighted by Gasteiger charge is 2.37. The van der Waals surface area contributed by atoms with Gasteiger partial charge in [0.05, 0.1) is 6.42 Å². The molecule has 0 aliphatic heterocycles. The number of hydrogen-bond acceptors (Lipinski definition) is 4. The molecule has 0 spiro atoms. The summed E-state index contributed by atoms with van der Waals surface area (Å²) in [4.78, 5) is 39.8. The Morgan fingerprint density at radius 1 is 1.55 bits per heavy atom. The summed E-state index contributed by atoms with van der Waals surface area (Å²) in [5.41, 5.74) is 0.865. The van der Waals surface area contributed by atoms with Crippen molar-refractivity contribution in [2.45, 2.75) is 32.2 Å². The van der Waals surface area contributed by atoms with Gasteiger partial charge in [0.25, 0.3) is 5.56 Å². The van der Waals surface area contributed by atoms with Crippen LogP contribution in [0.3, 0.4) is 0 Å². The summed E-state index contributed by atoms with van der Waals surface area (Å²) >= 11 is 0. The largest absolute Gasteiger partial charge is 0.480 e. The van der Waals surface area contributed by atoms with Crippen molar-refractivity contribution < 1.29 is 14.7 Å². The van der Waals surface area contributed by atoms with Crippen LogP contribution in [0.4, 0.5) is 0 Å². The fraction of sp³-hybridized carbons (Fsp3) is 0.429. The summed E-state index contributed by atoms with van der Waals surface area (Å²) in [5, 5.41) is 14.4. The Bertz CT molecular complexity index is 803. The van der Waals surface area contributed by atoms with E-state index in [9.17, 15) is 14.4 Å². The number of carboxylic acid groups (broad SMARTS) is 1. The Morgan fingerprint density at radius 3 is 2.91 bits per heavy atom. The number of fused-ring (bicyclic) bond motifs is 1. The van der Waals surface area contributed by atoms with E-state index in [-0.39, 0.29) is 23.5 Å². The minimum Gasteiger partial charge on any atom is -0.480 e. The lowest BCUT2D eigenvalue weighted by atomic mass is 10.1. The molecule has 0 aromatic carbocycles. The van der Waals surface area contributed by atoms with Crippen molar-refractivity contribution >= 4 is 17.5 Å². The molecule has 0 saturated heterocycles. The first-order chi connectivity index (χ1) is 10.5. The average Bonchev–Trinajstić information content (AvgIpc) is 3.19. The van der Waals surface area contributed by atoms with E-state index in [1.54, 1.807) is 19.2 Å². The Balaban J connectivity index is 1.81. The van der Waals surface area contributed by atoms with Crippen molar-refractivity contribution in [1.29, 1.82) is 0 Å². The molecule has 3 N–H and O–H groups in total. The van der Waals surface area contributed by atoms with Crippen LogP contribution in [0.25, 0.3) is 5.65 Å². The van der Waals surface area contributed by atoms with Gasteiger partial charge < -0.3 is 10.4 Å². The second-order valence-electron chi connectivity index (χ2n) is 5.53. The van der Waals surface area contributed by atoms with E-state index in [2.05, 4.69) is 15.4 Å². The van der Waals surface area contributed by atoms with Crippen molar-refractivity contribution in [2.75, 3.05) is 0 Å². The smallest absolute Gasteiger partial charge is 0.326 e. The van der Waals surface area contributed by atoms with Crippen molar-refractivity contribution in [1.82, 2.24) is 19.9 Å². The molecular weight excluding hydrogens is 288 g/mol. The van der Waals surface area contributed by atoms with Gasteiger partial charge in [-0.05, 0) is 25.7 Å². The number of aromatic amines is 1. The second kappa shape index (κ2) is 5.28. The zero-order valence-corrected chi connectivity index (χ0v) is 12.0. The Kier molecular flexibility index (Phi) is 3.44. The third-order valence-electron chi connectivity index (χ3n) is 3.86. The number of carbonyl (C=O) groups excluding carboxylic acids is 1. The molecule has 1 fully saturated rings. The number of hydrogen-bond donors (Lipinski definition) is 3. The van der Waals surface area contributed by atoms with Gasteiger partial charge in [-0.2, -0.15) is 0 Å². The summed E-state index contributed by atoms with van der Waals surface area (Å²) in [6, 6.07) is 0.781. The molecule has 22 heavy (non-hydrogen) atoms. The Hall–Kier alpha value is -2.64. The van der Waals surface area contributed by atoms with Gasteiger partial charge >= 0.3 is 5.97 Å². The number of rotatable bonds is 5. The van der Waals surface area contributed by atoms with Crippen molar-refractivity contribution in [3.63, 3.8) is 0 Å². The molecule has 2 aromatic heterocycles. The number of carboxylic acids is 1. The third kappa shape index (κ3) is 2.59. The quantitative estimate of drug-likeness (QED) is 0.710. The highest BCUT2D eigenvalue weighted by atomic mass is 16.4. The number of carbonyl (C=O) groups is 2. The van der Waals surface area contributed by atoms with Crippen LogP contribution in [-0.4, -0.2) is 37.6 Å². The Labute approximate surface area is 125 Å². The van der Waals surface area contributed by atoms with E-state index < -0.39 is 17.9 Å². The number of nitrogens with zero attached hydrogens (tertiary/aromatic N) is 2. The molecule has 2 aromatic rings. The number of H-pyrrole nitrogens is 1. The molecule has 1 saturated carbocycles. The van der Waals surface area contributed by atoms with Crippen LogP contribution in [0.2, 0.25) is 0 Å². The molecule has 1 aliphatic carbocycles. The molecule has 116 valence electrons. The van der Waals surface area contributed by atoms with Gasteiger partial charge in [0.2, 0.25) is 5.91 Å². The van der Waals surface area contributed by atoms with E-state index in [0.29, 0.717) is 11.3 Å². The van der Waals surface area contributed by atoms with E-state index in [0.717, 1.165) is 12.8 Å². The predicted molar refractivity (Wildman–Crippen MR) is 76.5 cm³/mol. The molecular formula is C14H16N4O4. The van der Waals surface area contributed by atoms with Gasteiger partial charge in [-0.25, -0.2) is 14.3 Å². The highest BCUT2D eigenvalue weighted by molar-refractivity contribution is 5.85. The van der Waals surface area contributed by atoms with Crippen LogP contribution in [0.5, 0.6) is 0 Å². The van der Waals surface area contributed by atoms with E-state index >= 15 is 0 Å². The van der Waals surface area contributed by atoms with Gasteiger partial charge in [0.15, 0.2) is 5.65 Å². The van der Waals surface area contributed by atoms with Crippen molar-refractivity contribution in [3.8, 4) is 0 Å². The lowest BCUT2D eigenvalue weighted by molar-refractivity contribution is -0.142. The summed E-state index contributed by atoms with van der Waals surface area (Å²) in [6.07, 6.45) is 3.00. The number of amides is 1. The van der Waals surface area contributed by atoms with Gasteiger partial charge in [0.1, 0.15) is 6.04 Å². The SMILES string of the molecule is Cc1nc2cc[nH]n2c(=O)c1CC(=O)NC(C(=O)O)C1CC1. The highest BCUT2D eigenvalue weighted by Crippen LogP contribution is 2.32. The number of aryl methyl sites for hydroxylation is 1. The first kappa shape index (κ1) is 14.3. The number of nitrogens with one attached hydrogen (secondary N) is 2. The zero-order chi connectivity index (χ0) is 15.9. The van der Waals surface area contributed by atoms with Gasteiger partial charge in [-0.3, -0.25) is 14.7 Å². The average molecular weight is 304 g/mol. The molecule has 1 unspecified atom stereocenters. The van der Waals surface area contributed by atoms with Crippen LogP contribution >= 0.6 is 0 Å². The Morgan fingerprint density at radius 2 is 2.27 bits per heavy atom. The summed E-state index contributed by atoms with van der Waals surface area (Å²) < 4.78 is 1.26. The van der Waals surface area contributed by atoms with Gasteiger partial charge in [0, 0.05) is 23.5 Å².